The third-order valence-electron chi connectivity index (χ3n) is 3.57. The van der Waals surface area contributed by atoms with Gasteiger partial charge in [0.1, 0.15) is 5.75 Å². The van der Waals surface area contributed by atoms with Crippen LogP contribution >= 0.6 is 0 Å². The summed E-state index contributed by atoms with van der Waals surface area (Å²) in [5, 5.41) is 9.92. The highest BCUT2D eigenvalue weighted by Crippen LogP contribution is 2.33. The highest BCUT2D eigenvalue weighted by atomic mass is 19.4. The Morgan fingerprint density at radius 1 is 0.609 bits per heavy atom. The van der Waals surface area contributed by atoms with Crippen molar-refractivity contribution < 1.29 is 18.3 Å². The standard InChI is InChI=1S/C19H13F3O/c20-19(21,22)17-8-6-14(7-9-17)16-10-15(11-18(23)12-16)13-4-2-1-3-5-13/h1-12,23H. The van der Waals surface area contributed by atoms with Crippen LogP contribution in [0.1, 0.15) is 5.56 Å². The first-order valence-corrected chi connectivity index (χ1v) is 7.00. The molecule has 1 nitrogen and oxygen atoms in total. The van der Waals surface area contributed by atoms with Crippen molar-refractivity contribution in [1.29, 1.82) is 0 Å². The third kappa shape index (κ3) is 3.37. The molecule has 0 heterocycles. The Hall–Kier alpha value is -2.75. The second kappa shape index (κ2) is 5.80. The molecule has 0 unspecified atom stereocenters. The third-order valence-corrected chi connectivity index (χ3v) is 3.57. The molecule has 0 amide bonds. The Kier molecular flexibility index (Phi) is 3.82. The monoisotopic (exact) mass is 314 g/mol. The summed E-state index contributed by atoms with van der Waals surface area (Å²) in [5.41, 5.74) is 2.32. The predicted molar refractivity (Wildman–Crippen MR) is 84.0 cm³/mol. The van der Waals surface area contributed by atoms with E-state index < -0.39 is 11.7 Å². The maximum absolute atomic E-state index is 12.6. The molecule has 0 spiro atoms. The average molecular weight is 314 g/mol. The number of benzene rings is 3. The molecule has 0 aliphatic heterocycles. The van der Waals surface area contributed by atoms with E-state index in [4.69, 9.17) is 0 Å². The van der Waals surface area contributed by atoms with E-state index in [1.807, 2.05) is 36.4 Å². The Labute approximate surface area is 131 Å². The van der Waals surface area contributed by atoms with Crippen LogP contribution in [0.4, 0.5) is 13.2 Å². The predicted octanol–water partition coefficient (Wildman–Crippen LogP) is 5.75. The van der Waals surface area contributed by atoms with Gasteiger partial charge in [-0.1, -0.05) is 42.5 Å². The molecule has 3 aromatic rings. The molecular weight excluding hydrogens is 301 g/mol. The van der Waals surface area contributed by atoms with Crippen molar-refractivity contribution in [2.75, 3.05) is 0 Å². The maximum Gasteiger partial charge on any atom is 0.416 e. The largest absolute Gasteiger partial charge is 0.508 e. The summed E-state index contributed by atoms with van der Waals surface area (Å²) < 4.78 is 37.9. The minimum atomic E-state index is -4.35. The van der Waals surface area contributed by atoms with Crippen LogP contribution in [0.5, 0.6) is 5.75 Å². The van der Waals surface area contributed by atoms with Crippen molar-refractivity contribution in [3.8, 4) is 28.0 Å². The van der Waals surface area contributed by atoms with E-state index in [0.29, 0.717) is 11.1 Å². The van der Waals surface area contributed by atoms with Crippen molar-refractivity contribution in [2.45, 2.75) is 6.18 Å². The van der Waals surface area contributed by atoms with Crippen LogP contribution in [0.3, 0.4) is 0 Å². The molecule has 0 saturated heterocycles. The average Bonchev–Trinajstić information content (AvgIpc) is 2.54. The van der Waals surface area contributed by atoms with Gasteiger partial charge < -0.3 is 5.11 Å². The zero-order valence-electron chi connectivity index (χ0n) is 12.0. The molecule has 0 aromatic heterocycles. The summed E-state index contributed by atoms with van der Waals surface area (Å²) in [4.78, 5) is 0. The van der Waals surface area contributed by atoms with Crippen LogP contribution in [0.2, 0.25) is 0 Å². The number of aromatic hydroxyl groups is 1. The quantitative estimate of drug-likeness (QED) is 0.639. The van der Waals surface area contributed by atoms with Crippen molar-refractivity contribution in [2.24, 2.45) is 0 Å². The molecule has 116 valence electrons. The lowest BCUT2D eigenvalue weighted by atomic mass is 9.98. The molecule has 0 radical (unpaired) electrons. The van der Waals surface area contributed by atoms with E-state index in [-0.39, 0.29) is 5.75 Å². The van der Waals surface area contributed by atoms with Crippen molar-refractivity contribution >= 4 is 0 Å². The van der Waals surface area contributed by atoms with Crippen molar-refractivity contribution in [3.63, 3.8) is 0 Å². The SMILES string of the molecule is Oc1cc(-c2ccccc2)cc(-c2ccc(C(F)(F)F)cc2)c1. The minimum Gasteiger partial charge on any atom is -0.508 e. The van der Waals surface area contributed by atoms with Gasteiger partial charge in [-0.3, -0.25) is 0 Å². The van der Waals surface area contributed by atoms with E-state index in [0.717, 1.165) is 23.3 Å². The number of phenolic OH excluding ortho intramolecular Hbond substituents is 1. The van der Waals surface area contributed by atoms with Crippen LogP contribution in [-0.2, 0) is 6.18 Å². The fourth-order valence-electron chi connectivity index (χ4n) is 2.43. The van der Waals surface area contributed by atoms with Gasteiger partial charge in [0.15, 0.2) is 0 Å². The first-order chi connectivity index (χ1) is 10.9. The summed E-state index contributed by atoms with van der Waals surface area (Å²) >= 11 is 0. The molecule has 0 atom stereocenters. The van der Waals surface area contributed by atoms with Gasteiger partial charge in [-0.25, -0.2) is 0 Å². The molecule has 23 heavy (non-hydrogen) atoms. The van der Waals surface area contributed by atoms with E-state index in [1.54, 1.807) is 6.07 Å². The molecule has 0 aliphatic rings. The second-order valence-electron chi connectivity index (χ2n) is 5.21. The maximum atomic E-state index is 12.6. The Morgan fingerprint density at radius 3 is 1.65 bits per heavy atom. The fourth-order valence-corrected chi connectivity index (χ4v) is 2.43. The Bertz CT molecular complexity index is 806. The number of halogens is 3. The molecule has 0 fully saturated rings. The van der Waals surface area contributed by atoms with E-state index in [9.17, 15) is 18.3 Å². The highest BCUT2D eigenvalue weighted by Gasteiger charge is 2.29. The highest BCUT2D eigenvalue weighted by molar-refractivity contribution is 5.75. The normalized spacial score (nSPS) is 11.4. The van der Waals surface area contributed by atoms with Crippen molar-refractivity contribution in [3.05, 3.63) is 78.4 Å². The van der Waals surface area contributed by atoms with Gasteiger partial charge in [0, 0.05) is 0 Å². The molecule has 1 N–H and O–H groups in total. The number of hydrogen-bond acceptors (Lipinski definition) is 1. The fraction of sp³-hybridized carbons (Fsp3) is 0.0526. The number of alkyl halides is 3. The van der Waals surface area contributed by atoms with Crippen LogP contribution in [0, 0.1) is 0 Å². The van der Waals surface area contributed by atoms with Crippen LogP contribution < -0.4 is 0 Å². The van der Waals surface area contributed by atoms with Gasteiger partial charge in [0.25, 0.3) is 0 Å². The first-order valence-electron chi connectivity index (χ1n) is 7.00. The summed E-state index contributed by atoms with van der Waals surface area (Å²) in [5.74, 6) is 0.0706. The van der Waals surface area contributed by atoms with Gasteiger partial charge >= 0.3 is 6.18 Å². The number of phenols is 1. The topological polar surface area (TPSA) is 20.2 Å². The zero-order valence-corrected chi connectivity index (χ0v) is 12.0. The molecule has 3 aromatic carbocycles. The first kappa shape index (κ1) is 15.2. The smallest absolute Gasteiger partial charge is 0.416 e. The minimum absolute atomic E-state index is 0.0706. The summed E-state index contributed by atoms with van der Waals surface area (Å²) in [6.07, 6.45) is -4.35. The van der Waals surface area contributed by atoms with Gasteiger partial charge in [0.05, 0.1) is 5.56 Å². The Balaban J connectivity index is 2.02. The molecule has 3 rings (SSSR count). The van der Waals surface area contributed by atoms with Gasteiger partial charge in [-0.2, -0.15) is 13.2 Å². The van der Waals surface area contributed by atoms with Crippen LogP contribution in [0.15, 0.2) is 72.8 Å². The molecular formula is C19H13F3O. The van der Waals surface area contributed by atoms with E-state index >= 15 is 0 Å². The Morgan fingerprint density at radius 2 is 1.13 bits per heavy atom. The summed E-state index contributed by atoms with van der Waals surface area (Å²) in [6, 6.07) is 19.4. The number of hydrogen-bond donors (Lipinski definition) is 1. The van der Waals surface area contributed by atoms with Crippen LogP contribution in [-0.4, -0.2) is 5.11 Å². The van der Waals surface area contributed by atoms with Gasteiger partial charge in [-0.15, -0.1) is 0 Å². The van der Waals surface area contributed by atoms with Gasteiger partial charge in [0.2, 0.25) is 0 Å². The van der Waals surface area contributed by atoms with Crippen LogP contribution in [0.25, 0.3) is 22.3 Å². The zero-order chi connectivity index (χ0) is 16.4. The molecule has 0 aliphatic carbocycles. The molecule has 0 saturated carbocycles. The molecule has 4 heteroatoms. The molecule has 0 bridgehead atoms. The van der Waals surface area contributed by atoms with E-state index in [2.05, 4.69) is 0 Å². The van der Waals surface area contributed by atoms with Gasteiger partial charge in [-0.05, 0) is 52.6 Å². The lowest BCUT2D eigenvalue weighted by molar-refractivity contribution is -0.137. The lowest BCUT2D eigenvalue weighted by Crippen LogP contribution is -2.03. The second-order valence-corrected chi connectivity index (χ2v) is 5.21. The number of rotatable bonds is 2. The van der Waals surface area contributed by atoms with Crippen molar-refractivity contribution in [1.82, 2.24) is 0 Å². The lowest BCUT2D eigenvalue weighted by Gasteiger charge is -2.10. The summed E-state index contributed by atoms with van der Waals surface area (Å²) in [6.45, 7) is 0. The summed E-state index contributed by atoms with van der Waals surface area (Å²) in [7, 11) is 0. The van der Waals surface area contributed by atoms with E-state index in [1.165, 1.54) is 18.2 Å².